The molecule has 2 aliphatic rings. The Kier molecular flexibility index (Phi) is 3.33. The van der Waals surface area contributed by atoms with E-state index in [1.54, 1.807) is 0 Å². The van der Waals surface area contributed by atoms with Crippen molar-refractivity contribution in [1.82, 2.24) is 10.6 Å². The van der Waals surface area contributed by atoms with Gasteiger partial charge in [0.2, 0.25) is 5.91 Å². The topological polar surface area (TPSA) is 41.1 Å². The van der Waals surface area contributed by atoms with Gasteiger partial charge in [-0.3, -0.25) is 4.79 Å². The van der Waals surface area contributed by atoms with Crippen LogP contribution in [0, 0.1) is 0 Å². The van der Waals surface area contributed by atoms with E-state index in [9.17, 15) is 4.79 Å². The lowest BCUT2D eigenvalue weighted by atomic mass is 9.77. The molecule has 1 amide bonds. The van der Waals surface area contributed by atoms with E-state index < -0.39 is 0 Å². The van der Waals surface area contributed by atoms with E-state index in [-0.39, 0.29) is 11.9 Å². The van der Waals surface area contributed by atoms with Crippen molar-refractivity contribution in [2.45, 2.75) is 37.6 Å². The van der Waals surface area contributed by atoms with Gasteiger partial charge in [-0.1, -0.05) is 30.7 Å². The molecule has 0 saturated carbocycles. The summed E-state index contributed by atoms with van der Waals surface area (Å²) in [7, 11) is 0. The summed E-state index contributed by atoms with van der Waals surface area (Å²) in [5.74, 6) is 0.702. The van der Waals surface area contributed by atoms with Gasteiger partial charge in [0.25, 0.3) is 0 Å². The molecule has 0 aromatic heterocycles. The highest BCUT2D eigenvalue weighted by Crippen LogP contribution is 2.33. The SMILES string of the molecule is O=C(NCC1Cc2ccccc21)[C@@H]1CCCCN1. The molecule has 3 rings (SSSR count). The van der Waals surface area contributed by atoms with E-state index in [1.165, 1.54) is 17.5 Å². The minimum absolute atomic E-state index is 0.0362. The first-order chi connectivity index (χ1) is 8.84. The molecule has 1 aromatic rings. The van der Waals surface area contributed by atoms with Gasteiger partial charge in [-0.2, -0.15) is 0 Å². The van der Waals surface area contributed by atoms with Crippen LogP contribution in [-0.2, 0) is 11.2 Å². The van der Waals surface area contributed by atoms with Crippen molar-refractivity contribution < 1.29 is 4.79 Å². The molecule has 0 radical (unpaired) electrons. The van der Waals surface area contributed by atoms with Crippen molar-refractivity contribution in [3.05, 3.63) is 35.4 Å². The molecule has 1 aliphatic carbocycles. The van der Waals surface area contributed by atoms with Crippen LogP contribution >= 0.6 is 0 Å². The van der Waals surface area contributed by atoms with E-state index in [0.29, 0.717) is 5.92 Å². The number of rotatable bonds is 3. The van der Waals surface area contributed by atoms with Crippen molar-refractivity contribution in [3.8, 4) is 0 Å². The summed E-state index contributed by atoms with van der Waals surface area (Å²) in [6.07, 6.45) is 4.44. The number of carbonyl (C=O) groups is 1. The van der Waals surface area contributed by atoms with E-state index in [1.807, 2.05) is 0 Å². The van der Waals surface area contributed by atoms with Crippen LogP contribution in [0.2, 0.25) is 0 Å². The summed E-state index contributed by atoms with van der Waals surface area (Å²) in [5, 5.41) is 6.38. The molecule has 0 spiro atoms. The van der Waals surface area contributed by atoms with E-state index in [2.05, 4.69) is 34.9 Å². The average Bonchev–Trinajstić information content (AvgIpc) is 2.40. The molecule has 0 bridgehead atoms. The minimum Gasteiger partial charge on any atom is -0.354 e. The molecular formula is C15H20N2O. The van der Waals surface area contributed by atoms with Gasteiger partial charge in [0.15, 0.2) is 0 Å². The summed E-state index contributed by atoms with van der Waals surface area (Å²) < 4.78 is 0. The van der Waals surface area contributed by atoms with E-state index in [4.69, 9.17) is 0 Å². The van der Waals surface area contributed by atoms with Crippen LogP contribution < -0.4 is 10.6 Å². The van der Waals surface area contributed by atoms with Crippen molar-refractivity contribution >= 4 is 5.91 Å². The molecule has 1 fully saturated rings. The maximum Gasteiger partial charge on any atom is 0.237 e. The zero-order valence-corrected chi connectivity index (χ0v) is 10.6. The van der Waals surface area contributed by atoms with Gasteiger partial charge in [-0.15, -0.1) is 0 Å². The van der Waals surface area contributed by atoms with Crippen molar-refractivity contribution in [2.24, 2.45) is 0 Å². The minimum atomic E-state index is 0.0362. The number of hydrogen-bond acceptors (Lipinski definition) is 2. The fourth-order valence-corrected chi connectivity index (χ4v) is 2.97. The monoisotopic (exact) mass is 244 g/mol. The lowest BCUT2D eigenvalue weighted by molar-refractivity contribution is -0.123. The Morgan fingerprint density at radius 1 is 1.33 bits per heavy atom. The molecular weight excluding hydrogens is 224 g/mol. The summed E-state index contributed by atoms with van der Waals surface area (Å²) in [4.78, 5) is 12.0. The lowest BCUT2D eigenvalue weighted by Gasteiger charge is -2.31. The van der Waals surface area contributed by atoms with Gasteiger partial charge >= 0.3 is 0 Å². The van der Waals surface area contributed by atoms with Crippen LogP contribution in [0.4, 0.5) is 0 Å². The fourth-order valence-electron chi connectivity index (χ4n) is 2.97. The molecule has 1 heterocycles. The highest BCUT2D eigenvalue weighted by molar-refractivity contribution is 5.81. The maximum atomic E-state index is 12.0. The number of amides is 1. The molecule has 2 atom stereocenters. The smallest absolute Gasteiger partial charge is 0.237 e. The fraction of sp³-hybridized carbons (Fsp3) is 0.533. The first-order valence-corrected chi connectivity index (χ1v) is 6.93. The second-order valence-corrected chi connectivity index (χ2v) is 5.35. The standard InChI is InChI=1S/C15H20N2O/c18-15(14-7-3-4-8-16-14)17-10-12-9-11-5-1-2-6-13(11)12/h1-2,5-6,12,14,16H,3-4,7-10H2,(H,17,18)/t12?,14-/m0/s1. The van der Waals surface area contributed by atoms with Crippen LogP contribution in [0.25, 0.3) is 0 Å². The second kappa shape index (κ2) is 5.11. The van der Waals surface area contributed by atoms with Crippen LogP contribution in [-0.4, -0.2) is 25.0 Å². The maximum absolute atomic E-state index is 12.0. The molecule has 96 valence electrons. The Morgan fingerprint density at radius 2 is 2.22 bits per heavy atom. The van der Waals surface area contributed by atoms with Crippen LogP contribution in [0.15, 0.2) is 24.3 Å². The number of carbonyl (C=O) groups excluding carboxylic acids is 1. The highest BCUT2D eigenvalue weighted by Gasteiger charge is 2.27. The van der Waals surface area contributed by atoms with Crippen LogP contribution in [0.5, 0.6) is 0 Å². The van der Waals surface area contributed by atoms with Gasteiger partial charge in [0.05, 0.1) is 6.04 Å². The second-order valence-electron chi connectivity index (χ2n) is 5.35. The third-order valence-electron chi connectivity index (χ3n) is 4.11. The number of nitrogens with one attached hydrogen (secondary N) is 2. The molecule has 18 heavy (non-hydrogen) atoms. The number of benzene rings is 1. The zero-order valence-electron chi connectivity index (χ0n) is 10.6. The predicted molar refractivity (Wildman–Crippen MR) is 71.5 cm³/mol. The molecule has 1 aliphatic heterocycles. The Bertz CT molecular complexity index is 438. The lowest BCUT2D eigenvalue weighted by Crippen LogP contribution is -2.48. The van der Waals surface area contributed by atoms with Crippen molar-refractivity contribution in [2.75, 3.05) is 13.1 Å². The molecule has 1 saturated heterocycles. The molecule has 3 heteroatoms. The molecule has 1 unspecified atom stereocenters. The van der Waals surface area contributed by atoms with Crippen molar-refractivity contribution in [1.29, 1.82) is 0 Å². The van der Waals surface area contributed by atoms with Gasteiger partial charge in [0, 0.05) is 12.5 Å². The normalized spacial score (nSPS) is 26.0. The molecule has 1 aromatic carbocycles. The first-order valence-electron chi connectivity index (χ1n) is 6.93. The largest absolute Gasteiger partial charge is 0.354 e. The van der Waals surface area contributed by atoms with Crippen molar-refractivity contribution in [3.63, 3.8) is 0 Å². The zero-order chi connectivity index (χ0) is 12.4. The Balaban J connectivity index is 1.49. The summed E-state index contributed by atoms with van der Waals surface area (Å²) >= 11 is 0. The number of fused-ring (bicyclic) bond motifs is 1. The summed E-state index contributed by atoms with van der Waals surface area (Å²) in [6, 6.07) is 8.55. The summed E-state index contributed by atoms with van der Waals surface area (Å²) in [6.45, 7) is 1.76. The summed E-state index contributed by atoms with van der Waals surface area (Å²) in [5.41, 5.74) is 2.85. The van der Waals surface area contributed by atoms with Crippen LogP contribution in [0.1, 0.15) is 36.3 Å². The van der Waals surface area contributed by atoms with Gasteiger partial charge in [0.1, 0.15) is 0 Å². The predicted octanol–water partition coefficient (Wildman–Crippen LogP) is 1.58. The van der Waals surface area contributed by atoms with E-state index >= 15 is 0 Å². The third-order valence-corrected chi connectivity index (χ3v) is 4.11. The van der Waals surface area contributed by atoms with E-state index in [0.717, 1.165) is 32.4 Å². The average molecular weight is 244 g/mol. The number of piperidine rings is 1. The molecule has 2 N–H and O–H groups in total. The quantitative estimate of drug-likeness (QED) is 0.847. The van der Waals surface area contributed by atoms with Gasteiger partial charge in [-0.25, -0.2) is 0 Å². The Hall–Kier alpha value is -1.35. The Morgan fingerprint density at radius 3 is 3.00 bits per heavy atom. The number of hydrogen-bond donors (Lipinski definition) is 2. The Labute approximate surface area is 108 Å². The molecule has 3 nitrogen and oxygen atoms in total. The van der Waals surface area contributed by atoms with Crippen LogP contribution in [0.3, 0.4) is 0 Å². The third kappa shape index (κ3) is 2.27. The first kappa shape index (κ1) is 11.7. The highest BCUT2D eigenvalue weighted by atomic mass is 16.2. The van der Waals surface area contributed by atoms with Gasteiger partial charge in [-0.05, 0) is 36.9 Å². The van der Waals surface area contributed by atoms with Gasteiger partial charge < -0.3 is 10.6 Å².